The van der Waals surface area contributed by atoms with E-state index in [4.69, 9.17) is 0 Å². The summed E-state index contributed by atoms with van der Waals surface area (Å²) in [5, 5.41) is 6.22. The zero-order valence-electron chi connectivity index (χ0n) is 12.0. The quantitative estimate of drug-likeness (QED) is 0.783. The fourth-order valence-electron chi connectivity index (χ4n) is 2.03. The number of amides is 1. The van der Waals surface area contributed by atoms with E-state index in [0.717, 1.165) is 29.3 Å². The van der Waals surface area contributed by atoms with E-state index >= 15 is 0 Å². The Bertz CT molecular complexity index is 591. The molecule has 1 aromatic carbocycles. The molecular weight excluding hydrogens is 252 g/mol. The minimum atomic E-state index is -0.0595. The van der Waals surface area contributed by atoms with Gasteiger partial charge in [-0.25, -0.2) is 4.98 Å². The maximum atomic E-state index is 11.1. The number of imidazole rings is 1. The molecule has 2 aromatic rings. The number of nitrogens with zero attached hydrogens (tertiary/aromatic N) is 1. The van der Waals surface area contributed by atoms with E-state index < -0.39 is 0 Å². The van der Waals surface area contributed by atoms with Crippen molar-refractivity contribution in [2.24, 2.45) is 0 Å². The Labute approximate surface area is 118 Å². The van der Waals surface area contributed by atoms with Crippen molar-refractivity contribution in [3.05, 3.63) is 47.5 Å². The first-order valence-electron chi connectivity index (χ1n) is 6.66. The van der Waals surface area contributed by atoms with Crippen LogP contribution in [0.5, 0.6) is 0 Å². The van der Waals surface area contributed by atoms with Crippen LogP contribution in [0.2, 0.25) is 0 Å². The molecule has 0 aliphatic heterocycles. The van der Waals surface area contributed by atoms with Crippen molar-refractivity contribution in [3.8, 4) is 0 Å². The molecule has 3 N–H and O–H groups in total. The molecular formula is C15H20N4O. The predicted octanol–water partition coefficient (Wildman–Crippen LogP) is 2.53. The number of aromatic amines is 1. The zero-order chi connectivity index (χ0) is 14.5. The third kappa shape index (κ3) is 3.93. The Hall–Kier alpha value is -2.14. The molecule has 5 heteroatoms. The Balaban J connectivity index is 1.97. The van der Waals surface area contributed by atoms with Gasteiger partial charge >= 0.3 is 0 Å². The van der Waals surface area contributed by atoms with Crippen molar-refractivity contribution in [2.75, 3.05) is 5.32 Å². The van der Waals surface area contributed by atoms with E-state index in [1.165, 1.54) is 6.92 Å². The third-order valence-corrected chi connectivity index (χ3v) is 3.06. The van der Waals surface area contributed by atoms with Gasteiger partial charge in [0.15, 0.2) is 0 Å². The van der Waals surface area contributed by atoms with E-state index in [1.54, 1.807) is 0 Å². The van der Waals surface area contributed by atoms with Crippen LogP contribution in [0, 0.1) is 6.92 Å². The predicted molar refractivity (Wildman–Crippen MR) is 79.3 cm³/mol. The lowest BCUT2D eigenvalue weighted by Crippen LogP contribution is -2.18. The number of rotatable bonds is 5. The van der Waals surface area contributed by atoms with E-state index in [0.29, 0.717) is 0 Å². The summed E-state index contributed by atoms with van der Waals surface area (Å²) in [6.07, 6.45) is 1.84. The van der Waals surface area contributed by atoms with Gasteiger partial charge in [0, 0.05) is 37.1 Å². The molecule has 1 unspecified atom stereocenters. The van der Waals surface area contributed by atoms with E-state index in [1.807, 2.05) is 37.4 Å². The maximum absolute atomic E-state index is 11.1. The van der Waals surface area contributed by atoms with Crippen LogP contribution in [0.3, 0.4) is 0 Å². The molecule has 1 aromatic heterocycles. The fraction of sp³-hybridized carbons (Fsp3) is 0.333. The van der Waals surface area contributed by atoms with Crippen molar-refractivity contribution in [2.45, 2.75) is 33.4 Å². The molecule has 1 atom stereocenters. The summed E-state index contributed by atoms with van der Waals surface area (Å²) in [5.74, 6) is 0.859. The summed E-state index contributed by atoms with van der Waals surface area (Å²) in [4.78, 5) is 18.4. The summed E-state index contributed by atoms with van der Waals surface area (Å²) in [7, 11) is 0. The van der Waals surface area contributed by atoms with Gasteiger partial charge in [0.2, 0.25) is 5.91 Å². The van der Waals surface area contributed by atoms with Crippen molar-refractivity contribution in [3.63, 3.8) is 0 Å². The first-order valence-corrected chi connectivity index (χ1v) is 6.66. The summed E-state index contributed by atoms with van der Waals surface area (Å²) in [6, 6.07) is 8.04. The van der Waals surface area contributed by atoms with E-state index in [9.17, 15) is 4.79 Å². The molecule has 2 rings (SSSR count). The van der Waals surface area contributed by atoms with Gasteiger partial charge < -0.3 is 15.6 Å². The SMILES string of the molecule is CC(=O)Nc1cccc(C(C)NCc2cnc(C)[nH]2)c1. The molecule has 106 valence electrons. The molecule has 0 aliphatic carbocycles. The molecule has 0 fully saturated rings. The summed E-state index contributed by atoms with van der Waals surface area (Å²) in [5.41, 5.74) is 3.01. The van der Waals surface area contributed by atoms with Gasteiger partial charge in [-0.15, -0.1) is 0 Å². The number of aromatic nitrogens is 2. The van der Waals surface area contributed by atoms with E-state index in [2.05, 4.69) is 27.5 Å². The maximum Gasteiger partial charge on any atom is 0.221 e. The van der Waals surface area contributed by atoms with Crippen LogP contribution in [-0.4, -0.2) is 15.9 Å². The second kappa shape index (κ2) is 6.34. The second-order valence-corrected chi connectivity index (χ2v) is 4.90. The molecule has 0 radical (unpaired) electrons. The summed E-state index contributed by atoms with van der Waals surface area (Å²) >= 11 is 0. The summed E-state index contributed by atoms with van der Waals surface area (Å²) in [6.45, 7) is 6.27. The average molecular weight is 272 g/mol. The Morgan fingerprint density at radius 2 is 2.25 bits per heavy atom. The highest BCUT2D eigenvalue weighted by Gasteiger charge is 2.07. The molecule has 0 saturated carbocycles. The van der Waals surface area contributed by atoms with Gasteiger partial charge in [0.05, 0.1) is 0 Å². The number of anilines is 1. The van der Waals surface area contributed by atoms with Crippen molar-refractivity contribution >= 4 is 11.6 Å². The van der Waals surface area contributed by atoms with Gasteiger partial charge in [0.25, 0.3) is 0 Å². The molecule has 1 amide bonds. The Morgan fingerprint density at radius 3 is 2.90 bits per heavy atom. The number of nitrogens with one attached hydrogen (secondary N) is 3. The first kappa shape index (κ1) is 14.3. The normalized spacial score (nSPS) is 12.2. The summed E-state index contributed by atoms with van der Waals surface area (Å²) < 4.78 is 0. The van der Waals surface area contributed by atoms with Crippen LogP contribution in [-0.2, 0) is 11.3 Å². The van der Waals surface area contributed by atoms with E-state index in [-0.39, 0.29) is 11.9 Å². The van der Waals surface area contributed by atoms with Crippen LogP contribution < -0.4 is 10.6 Å². The van der Waals surface area contributed by atoms with Crippen LogP contribution in [0.1, 0.15) is 37.0 Å². The van der Waals surface area contributed by atoms with Crippen LogP contribution in [0.25, 0.3) is 0 Å². The average Bonchev–Trinajstić information content (AvgIpc) is 2.81. The topological polar surface area (TPSA) is 69.8 Å². The third-order valence-electron chi connectivity index (χ3n) is 3.06. The molecule has 0 bridgehead atoms. The van der Waals surface area contributed by atoms with Gasteiger partial charge in [-0.2, -0.15) is 0 Å². The molecule has 0 saturated heterocycles. The smallest absolute Gasteiger partial charge is 0.221 e. The Morgan fingerprint density at radius 1 is 1.45 bits per heavy atom. The molecule has 5 nitrogen and oxygen atoms in total. The second-order valence-electron chi connectivity index (χ2n) is 4.90. The number of benzene rings is 1. The lowest BCUT2D eigenvalue weighted by atomic mass is 10.1. The van der Waals surface area contributed by atoms with Crippen molar-refractivity contribution < 1.29 is 4.79 Å². The standard InChI is InChI=1S/C15H20N4O/c1-10(16-8-15-9-17-11(2)18-15)13-5-4-6-14(7-13)19-12(3)20/h4-7,9-10,16H,8H2,1-3H3,(H,17,18)(H,19,20). The molecule has 0 aliphatic rings. The zero-order valence-corrected chi connectivity index (χ0v) is 12.0. The lowest BCUT2D eigenvalue weighted by molar-refractivity contribution is -0.114. The monoisotopic (exact) mass is 272 g/mol. The number of carbonyl (C=O) groups is 1. The fourth-order valence-corrected chi connectivity index (χ4v) is 2.03. The van der Waals surface area contributed by atoms with Crippen molar-refractivity contribution in [1.29, 1.82) is 0 Å². The minimum Gasteiger partial charge on any atom is -0.345 e. The lowest BCUT2D eigenvalue weighted by Gasteiger charge is -2.15. The number of hydrogen-bond donors (Lipinski definition) is 3. The number of aryl methyl sites for hydroxylation is 1. The van der Waals surface area contributed by atoms with Gasteiger partial charge in [-0.1, -0.05) is 12.1 Å². The van der Waals surface area contributed by atoms with Crippen LogP contribution in [0.15, 0.2) is 30.5 Å². The highest BCUT2D eigenvalue weighted by molar-refractivity contribution is 5.88. The molecule has 20 heavy (non-hydrogen) atoms. The highest BCUT2D eigenvalue weighted by Crippen LogP contribution is 2.17. The van der Waals surface area contributed by atoms with Gasteiger partial charge in [0.1, 0.15) is 5.82 Å². The van der Waals surface area contributed by atoms with Gasteiger partial charge in [-0.05, 0) is 31.5 Å². The molecule has 0 spiro atoms. The Kier molecular flexibility index (Phi) is 4.53. The van der Waals surface area contributed by atoms with Crippen LogP contribution >= 0.6 is 0 Å². The largest absolute Gasteiger partial charge is 0.345 e. The number of carbonyl (C=O) groups excluding carboxylic acids is 1. The highest BCUT2D eigenvalue weighted by atomic mass is 16.1. The van der Waals surface area contributed by atoms with Gasteiger partial charge in [-0.3, -0.25) is 4.79 Å². The molecule has 1 heterocycles. The first-order chi connectivity index (χ1) is 9.54. The minimum absolute atomic E-state index is 0.0595. The van der Waals surface area contributed by atoms with Crippen molar-refractivity contribution in [1.82, 2.24) is 15.3 Å². The number of H-pyrrole nitrogens is 1. The van der Waals surface area contributed by atoms with Crippen LogP contribution in [0.4, 0.5) is 5.69 Å². The number of hydrogen-bond acceptors (Lipinski definition) is 3.